The van der Waals surface area contributed by atoms with Crippen LogP contribution < -0.4 is 10.6 Å². The molecule has 1 aliphatic rings. The number of hydrogen-bond acceptors (Lipinski definition) is 4. The zero-order valence-electron chi connectivity index (χ0n) is 17.7. The minimum atomic E-state index is -1.01. The molecule has 7 nitrogen and oxygen atoms in total. The maximum absolute atomic E-state index is 12.8. The summed E-state index contributed by atoms with van der Waals surface area (Å²) >= 11 is 0. The summed E-state index contributed by atoms with van der Waals surface area (Å²) in [6, 6.07) is 10.1. The van der Waals surface area contributed by atoms with Crippen molar-refractivity contribution in [2.45, 2.75) is 51.0 Å². The summed E-state index contributed by atoms with van der Waals surface area (Å²) < 4.78 is 5.28. The molecular weight excluding hydrogens is 370 g/mol. The van der Waals surface area contributed by atoms with E-state index in [1.165, 1.54) is 17.6 Å². The first kappa shape index (κ1) is 22.9. The predicted molar refractivity (Wildman–Crippen MR) is 111 cm³/mol. The second-order valence-corrected chi connectivity index (χ2v) is 7.93. The number of benzene rings is 1. The van der Waals surface area contributed by atoms with Gasteiger partial charge in [-0.15, -0.1) is 0 Å². The molecule has 1 unspecified atom stereocenters. The quantitative estimate of drug-likeness (QED) is 0.806. The first-order chi connectivity index (χ1) is 13.8. The highest BCUT2D eigenvalue weighted by atomic mass is 16.5. The van der Waals surface area contributed by atoms with Gasteiger partial charge in [0.25, 0.3) is 5.91 Å². The summed E-state index contributed by atoms with van der Waals surface area (Å²) in [7, 11) is 1.48. The molecule has 0 saturated carbocycles. The van der Waals surface area contributed by atoms with Crippen LogP contribution in [0.25, 0.3) is 0 Å². The van der Waals surface area contributed by atoms with Crippen molar-refractivity contribution in [2.24, 2.45) is 0 Å². The number of methoxy groups -OCH3 is 1. The number of amides is 3. The van der Waals surface area contributed by atoms with Crippen molar-refractivity contribution in [3.05, 3.63) is 35.9 Å². The first-order valence-electron chi connectivity index (χ1n) is 10.3. The van der Waals surface area contributed by atoms with Gasteiger partial charge in [0, 0.05) is 33.2 Å². The monoisotopic (exact) mass is 403 g/mol. The van der Waals surface area contributed by atoms with Crippen LogP contribution in [0, 0.1) is 0 Å². The molecule has 7 heteroatoms. The van der Waals surface area contributed by atoms with Crippen molar-refractivity contribution in [3.8, 4) is 0 Å². The molecule has 1 aromatic carbocycles. The largest absolute Gasteiger partial charge is 0.369 e. The summed E-state index contributed by atoms with van der Waals surface area (Å²) in [6.07, 6.45) is 2.48. The molecule has 1 aliphatic heterocycles. The number of carbonyl (C=O) groups excluding carboxylic acids is 3. The molecule has 1 fully saturated rings. The predicted octanol–water partition coefficient (Wildman–Crippen LogP) is 1.83. The first-order valence-corrected chi connectivity index (χ1v) is 10.3. The SMILES string of the molecule is COC(C)(C)C(=O)N1CCCNC(=O)CCC(c2ccccc2)CCNC(=O)C1. The van der Waals surface area contributed by atoms with Crippen LogP contribution in [0.2, 0.25) is 0 Å². The van der Waals surface area contributed by atoms with Crippen LogP contribution in [0.1, 0.15) is 51.0 Å². The van der Waals surface area contributed by atoms with Crippen LogP contribution in [0.3, 0.4) is 0 Å². The maximum Gasteiger partial charge on any atom is 0.254 e. The van der Waals surface area contributed by atoms with Gasteiger partial charge in [-0.1, -0.05) is 30.3 Å². The summed E-state index contributed by atoms with van der Waals surface area (Å²) in [6.45, 7) is 4.69. The van der Waals surface area contributed by atoms with E-state index < -0.39 is 5.60 Å². The average Bonchev–Trinajstić information content (AvgIpc) is 2.72. The minimum absolute atomic E-state index is 0.0159. The van der Waals surface area contributed by atoms with Crippen molar-refractivity contribution in [2.75, 3.05) is 33.3 Å². The lowest BCUT2D eigenvalue weighted by Crippen LogP contribution is -2.50. The lowest BCUT2D eigenvalue weighted by atomic mass is 9.91. The van der Waals surface area contributed by atoms with E-state index in [4.69, 9.17) is 4.74 Å². The third-order valence-corrected chi connectivity index (χ3v) is 5.38. The molecule has 160 valence electrons. The highest BCUT2D eigenvalue weighted by Gasteiger charge is 2.32. The molecule has 1 saturated heterocycles. The zero-order chi connectivity index (χ0) is 21.3. The topological polar surface area (TPSA) is 87.7 Å². The second kappa shape index (κ2) is 11.0. The van der Waals surface area contributed by atoms with Crippen LogP contribution in [-0.2, 0) is 19.1 Å². The molecule has 3 amide bonds. The number of rotatable bonds is 3. The fourth-order valence-electron chi connectivity index (χ4n) is 3.43. The van der Waals surface area contributed by atoms with E-state index >= 15 is 0 Å². The van der Waals surface area contributed by atoms with Crippen LogP contribution >= 0.6 is 0 Å². The Bertz CT molecular complexity index is 691. The molecule has 1 heterocycles. The molecule has 0 bridgehead atoms. The van der Waals surface area contributed by atoms with E-state index in [-0.39, 0.29) is 30.2 Å². The maximum atomic E-state index is 12.8. The van der Waals surface area contributed by atoms with Gasteiger partial charge in [0.2, 0.25) is 11.8 Å². The minimum Gasteiger partial charge on any atom is -0.369 e. The lowest BCUT2D eigenvalue weighted by Gasteiger charge is -2.31. The van der Waals surface area contributed by atoms with Crippen LogP contribution in [0.5, 0.6) is 0 Å². The van der Waals surface area contributed by atoms with Gasteiger partial charge in [-0.05, 0) is 44.6 Å². The molecule has 1 atom stereocenters. The van der Waals surface area contributed by atoms with Gasteiger partial charge in [0.15, 0.2) is 0 Å². The molecule has 0 spiro atoms. The smallest absolute Gasteiger partial charge is 0.254 e. The molecule has 0 aliphatic carbocycles. The molecule has 1 aromatic rings. The van der Waals surface area contributed by atoms with E-state index in [1.807, 2.05) is 18.2 Å². The molecule has 2 N–H and O–H groups in total. The second-order valence-electron chi connectivity index (χ2n) is 7.93. The average molecular weight is 404 g/mol. The summed E-state index contributed by atoms with van der Waals surface area (Å²) in [5.41, 5.74) is 0.160. The Morgan fingerprint density at radius 1 is 1.07 bits per heavy atom. The Kier molecular flexibility index (Phi) is 8.64. The van der Waals surface area contributed by atoms with Gasteiger partial charge in [0.1, 0.15) is 5.60 Å². The highest BCUT2D eigenvalue weighted by Crippen LogP contribution is 2.24. The Hall–Kier alpha value is -2.41. The summed E-state index contributed by atoms with van der Waals surface area (Å²) in [5, 5.41) is 5.85. The van der Waals surface area contributed by atoms with Crippen molar-refractivity contribution in [1.82, 2.24) is 15.5 Å². The lowest BCUT2D eigenvalue weighted by molar-refractivity contribution is -0.153. The van der Waals surface area contributed by atoms with Gasteiger partial charge in [-0.3, -0.25) is 14.4 Å². The van der Waals surface area contributed by atoms with E-state index in [1.54, 1.807) is 13.8 Å². The van der Waals surface area contributed by atoms with E-state index in [9.17, 15) is 14.4 Å². The van der Waals surface area contributed by atoms with E-state index in [0.29, 0.717) is 32.5 Å². The number of nitrogens with zero attached hydrogens (tertiary/aromatic N) is 1. The number of ether oxygens (including phenoxy) is 1. The standard InChI is InChI=1S/C22H33N3O4/c1-22(2,29-3)21(28)25-15-7-13-23-19(26)11-10-18(12-14-24-20(27)16-25)17-8-5-4-6-9-17/h4-6,8-9,18H,7,10-16H2,1-3H3,(H,23,26)(H,24,27). The van der Waals surface area contributed by atoms with Crippen molar-refractivity contribution < 1.29 is 19.1 Å². The molecule has 0 aromatic heterocycles. The fraction of sp³-hybridized carbons (Fsp3) is 0.591. The van der Waals surface area contributed by atoms with Crippen molar-refractivity contribution in [3.63, 3.8) is 0 Å². The van der Waals surface area contributed by atoms with Crippen LogP contribution in [-0.4, -0.2) is 61.5 Å². The Morgan fingerprint density at radius 2 is 1.76 bits per heavy atom. The molecule has 2 rings (SSSR count). The Balaban J connectivity index is 2.08. The van der Waals surface area contributed by atoms with E-state index in [2.05, 4.69) is 22.8 Å². The van der Waals surface area contributed by atoms with Gasteiger partial charge in [0.05, 0.1) is 6.54 Å². The zero-order valence-corrected chi connectivity index (χ0v) is 17.7. The van der Waals surface area contributed by atoms with Gasteiger partial charge < -0.3 is 20.3 Å². The third-order valence-electron chi connectivity index (χ3n) is 5.38. The molecule has 0 radical (unpaired) electrons. The van der Waals surface area contributed by atoms with Gasteiger partial charge >= 0.3 is 0 Å². The van der Waals surface area contributed by atoms with Gasteiger partial charge in [-0.25, -0.2) is 0 Å². The van der Waals surface area contributed by atoms with Crippen molar-refractivity contribution >= 4 is 17.7 Å². The Morgan fingerprint density at radius 3 is 2.45 bits per heavy atom. The Labute approximate surface area is 173 Å². The van der Waals surface area contributed by atoms with Gasteiger partial charge in [-0.2, -0.15) is 0 Å². The summed E-state index contributed by atoms with van der Waals surface area (Å²) in [4.78, 5) is 39.0. The number of hydrogen-bond donors (Lipinski definition) is 2. The normalized spacial score (nSPS) is 20.4. The molecule has 29 heavy (non-hydrogen) atoms. The van der Waals surface area contributed by atoms with E-state index in [0.717, 1.165) is 12.8 Å². The van der Waals surface area contributed by atoms with Crippen LogP contribution in [0.4, 0.5) is 0 Å². The molecular formula is C22H33N3O4. The third kappa shape index (κ3) is 7.16. The van der Waals surface area contributed by atoms with Crippen molar-refractivity contribution in [1.29, 1.82) is 0 Å². The number of carbonyl (C=O) groups is 3. The van der Waals surface area contributed by atoms with Crippen LogP contribution in [0.15, 0.2) is 30.3 Å². The fourth-order valence-corrected chi connectivity index (χ4v) is 3.43. The highest BCUT2D eigenvalue weighted by molar-refractivity contribution is 5.89. The number of nitrogens with one attached hydrogen (secondary N) is 2. The summed E-state index contributed by atoms with van der Waals surface area (Å²) in [5.74, 6) is -0.216.